The molecule has 0 spiro atoms. The van der Waals surface area contributed by atoms with Gasteiger partial charge in [0.2, 0.25) is 0 Å². The average Bonchev–Trinajstić information content (AvgIpc) is 2.91. The Morgan fingerprint density at radius 1 is 0.588 bits per heavy atom. The molecule has 0 heteroatoms. The van der Waals surface area contributed by atoms with Crippen LogP contribution in [0.4, 0.5) is 0 Å². The molecule has 0 aliphatic heterocycles. The van der Waals surface area contributed by atoms with E-state index in [1.54, 1.807) is 0 Å². The molecule has 5 aromatic carbocycles. The van der Waals surface area contributed by atoms with E-state index in [0.29, 0.717) is 5.92 Å². The Balaban J connectivity index is 1.54. The van der Waals surface area contributed by atoms with E-state index in [9.17, 15) is 0 Å². The molecule has 34 heavy (non-hydrogen) atoms. The van der Waals surface area contributed by atoms with Crippen molar-refractivity contribution >= 4 is 37.9 Å². The molecule has 1 unspecified atom stereocenters. The molecule has 1 atom stereocenters. The van der Waals surface area contributed by atoms with E-state index < -0.39 is 0 Å². The topological polar surface area (TPSA) is 0 Å². The Morgan fingerprint density at radius 3 is 1.97 bits per heavy atom. The molecular formula is C34H26. The molecule has 0 fully saturated rings. The van der Waals surface area contributed by atoms with E-state index >= 15 is 0 Å². The molecule has 0 aromatic heterocycles. The quantitative estimate of drug-likeness (QED) is 0.243. The first-order valence-corrected chi connectivity index (χ1v) is 12.4. The number of benzene rings is 5. The Kier molecular flexibility index (Phi) is 4.52. The van der Waals surface area contributed by atoms with E-state index in [2.05, 4.69) is 115 Å². The lowest BCUT2D eigenvalue weighted by atomic mass is 9.77. The van der Waals surface area contributed by atoms with Crippen LogP contribution >= 0.6 is 0 Å². The Morgan fingerprint density at radius 2 is 1.24 bits per heavy atom. The van der Waals surface area contributed by atoms with Crippen LogP contribution in [-0.4, -0.2) is 0 Å². The van der Waals surface area contributed by atoms with Gasteiger partial charge in [-0.05, 0) is 91.4 Å². The van der Waals surface area contributed by atoms with Crippen LogP contribution in [0.25, 0.3) is 49.0 Å². The van der Waals surface area contributed by atoms with E-state index in [1.165, 1.54) is 73.0 Å². The van der Waals surface area contributed by atoms with Crippen molar-refractivity contribution in [3.8, 4) is 11.1 Å². The minimum absolute atomic E-state index is 0.641. The standard InChI is InChI=1S/C34H26/c1-3-11-25-21-27(19-17-23(25)9-1)33-29-13-5-7-15-31(29)34(32-16-8-6-14-30(32)33)28-20-18-24-10-2-4-12-26(24)22-28/h1-3,5-11,13-21,26H,4,12,22H2. The van der Waals surface area contributed by atoms with Crippen LogP contribution in [0, 0.1) is 5.92 Å². The van der Waals surface area contributed by atoms with Crippen molar-refractivity contribution in [1.82, 2.24) is 0 Å². The van der Waals surface area contributed by atoms with E-state index in [-0.39, 0.29) is 0 Å². The molecule has 162 valence electrons. The van der Waals surface area contributed by atoms with Crippen LogP contribution < -0.4 is 0 Å². The zero-order chi connectivity index (χ0) is 22.5. The summed E-state index contributed by atoms with van der Waals surface area (Å²) in [5.74, 6) is 0.641. The van der Waals surface area contributed by atoms with Crippen molar-refractivity contribution in [1.29, 1.82) is 0 Å². The Hall–Kier alpha value is -3.90. The van der Waals surface area contributed by atoms with Crippen LogP contribution in [0.1, 0.15) is 24.8 Å². The van der Waals surface area contributed by atoms with Crippen LogP contribution in [0.2, 0.25) is 0 Å². The van der Waals surface area contributed by atoms with Crippen molar-refractivity contribution < 1.29 is 0 Å². The third-order valence-corrected chi connectivity index (χ3v) is 7.70. The summed E-state index contributed by atoms with van der Waals surface area (Å²) in [5, 5.41) is 7.97. The molecular weight excluding hydrogens is 408 g/mol. The normalized spacial score (nSPS) is 17.6. The fourth-order valence-corrected chi connectivity index (χ4v) is 6.08. The third-order valence-electron chi connectivity index (χ3n) is 7.70. The second-order valence-corrected chi connectivity index (χ2v) is 9.64. The van der Waals surface area contributed by atoms with Crippen LogP contribution in [-0.2, 0) is 0 Å². The highest BCUT2D eigenvalue weighted by atomic mass is 14.3. The van der Waals surface area contributed by atoms with Crippen LogP contribution in [0.5, 0.6) is 0 Å². The van der Waals surface area contributed by atoms with Gasteiger partial charge in [0.1, 0.15) is 0 Å². The summed E-state index contributed by atoms with van der Waals surface area (Å²) in [6, 6.07) is 33.6. The van der Waals surface area contributed by atoms with Crippen molar-refractivity contribution in [2.45, 2.75) is 19.3 Å². The predicted octanol–water partition coefficient (Wildman–Crippen LogP) is 9.49. The summed E-state index contributed by atoms with van der Waals surface area (Å²) >= 11 is 0. The van der Waals surface area contributed by atoms with Crippen molar-refractivity contribution in [2.24, 2.45) is 5.92 Å². The second-order valence-electron chi connectivity index (χ2n) is 9.64. The number of hydrogen-bond acceptors (Lipinski definition) is 0. The molecule has 0 N–H and O–H groups in total. The SMILES string of the molecule is C1=CC2=CC=C(c3c4ccccc4c(-c4ccc5ccccc5c4)c4ccccc34)CC2CC1. The lowest BCUT2D eigenvalue weighted by molar-refractivity contribution is 0.573. The molecule has 0 saturated carbocycles. The first kappa shape index (κ1) is 19.6. The molecule has 0 bridgehead atoms. The maximum atomic E-state index is 2.38. The maximum absolute atomic E-state index is 2.38. The molecule has 0 amide bonds. The average molecular weight is 435 g/mol. The summed E-state index contributed by atoms with van der Waals surface area (Å²) < 4.78 is 0. The maximum Gasteiger partial charge on any atom is -0.00262 e. The third kappa shape index (κ3) is 3.06. The molecule has 0 heterocycles. The van der Waals surface area contributed by atoms with Crippen molar-refractivity contribution in [2.75, 3.05) is 0 Å². The summed E-state index contributed by atoms with van der Waals surface area (Å²) in [6.45, 7) is 0. The summed E-state index contributed by atoms with van der Waals surface area (Å²) in [7, 11) is 0. The smallest absolute Gasteiger partial charge is 0.00262 e. The number of fused-ring (bicyclic) bond motifs is 4. The summed E-state index contributed by atoms with van der Waals surface area (Å²) in [4.78, 5) is 0. The predicted molar refractivity (Wildman–Crippen MR) is 147 cm³/mol. The Bertz CT molecular complexity index is 1620. The zero-order valence-electron chi connectivity index (χ0n) is 19.2. The molecule has 2 aliphatic rings. The van der Waals surface area contributed by atoms with Gasteiger partial charge in [0.25, 0.3) is 0 Å². The van der Waals surface area contributed by atoms with Crippen LogP contribution in [0.15, 0.2) is 121 Å². The largest absolute Gasteiger partial charge is 0.0842 e. The van der Waals surface area contributed by atoms with Gasteiger partial charge in [-0.2, -0.15) is 0 Å². The first-order chi connectivity index (χ1) is 16.9. The van der Waals surface area contributed by atoms with Gasteiger partial charge in [-0.3, -0.25) is 0 Å². The van der Waals surface area contributed by atoms with Gasteiger partial charge >= 0.3 is 0 Å². The van der Waals surface area contributed by atoms with E-state index in [4.69, 9.17) is 0 Å². The minimum atomic E-state index is 0.641. The number of rotatable bonds is 2. The van der Waals surface area contributed by atoms with Gasteiger partial charge in [0, 0.05) is 0 Å². The Labute approximate surface area is 200 Å². The van der Waals surface area contributed by atoms with Gasteiger partial charge in [0.15, 0.2) is 0 Å². The number of hydrogen-bond donors (Lipinski definition) is 0. The highest BCUT2D eigenvalue weighted by molar-refractivity contribution is 6.19. The van der Waals surface area contributed by atoms with E-state index in [1.807, 2.05) is 0 Å². The lowest BCUT2D eigenvalue weighted by Crippen LogP contribution is -2.10. The molecule has 0 nitrogen and oxygen atoms in total. The van der Waals surface area contributed by atoms with Gasteiger partial charge in [-0.25, -0.2) is 0 Å². The summed E-state index contributed by atoms with van der Waals surface area (Å²) in [6.07, 6.45) is 13.0. The van der Waals surface area contributed by atoms with Gasteiger partial charge in [-0.1, -0.05) is 109 Å². The first-order valence-electron chi connectivity index (χ1n) is 12.4. The fraction of sp³-hybridized carbons (Fsp3) is 0.118. The molecule has 2 aliphatic carbocycles. The molecule has 0 radical (unpaired) electrons. The molecule has 7 rings (SSSR count). The minimum Gasteiger partial charge on any atom is -0.0842 e. The lowest BCUT2D eigenvalue weighted by Gasteiger charge is -2.27. The molecule has 5 aromatic rings. The monoisotopic (exact) mass is 434 g/mol. The fourth-order valence-electron chi connectivity index (χ4n) is 6.08. The van der Waals surface area contributed by atoms with E-state index in [0.717, 1.165) is 6.42 Å². The van der Waals surface area contributed by atoms with Gasteiger partial charge in [0.05, 0.1) is 0 Å². The van der Waals surface area contributed by atoms with Crippen molar-refractivity contribution in [3.63, 3.8) is 0 Å². The van der Waals surface area contributed by atoms with Crippen LogP contribution in [0.3, 0.4) is 0 Å². The zero-order valence-corrected chi connectivity index (χ0v) is 19.2. The second kappa shape index (κ2) is 7.85. The highest BCUT2D eigenvalue weighted by Crippen LogP contribution is 2.45. The summed E-state index contributed by atoms with van der Waals surface area (Å²) in [5.41, 5.74) is 7.02. The molecule has 0 saturated heterocycles. The van der Waals surface area contributed by atoms with Crippen molar-refractivity contribution in [3.05, 3.63) is 126 Å². The number of allylic oxidation sites excluding steroid dienone is 6. The van der Waals surface area contributed by atoms with Gasteiger partial charge < -0.3 is 0 Å². The van der Waals surface area contributed by atoms with Gasteiger partial charge in [-0.15, -0.1) is 0 Å². The highest BCUT2D eigenvalue weighted by Gasteiger charge is 2.24.